The highest BCUT2D eigenvalue weighted by Gasteiger charge is 2.25. The first-order valence-electron chi connectivity index (χ1n) is 11.6. The average molecular weight is 487 g/mol. The summed E-state index contributed by atoms with van der Waals surface area (Å²) >= 11 is 0. The molecule has 3 aromatic heterocycles. The van der Waals surface area contributed by atoms with Crippen molar-refractivity contribution < 1.29 is 9.21 Å². The van der Waals surface area contributed by atoms with Crippen LogP contribution in [-0.4, -0.2) is 43.3 Å². The van der Waals surface area contributed by atoms with Crippen molar-refractivity contribution in [2.24, 2.45) is 5.73 Å². The number of piperidine rings is 1. The van der Waals surface area contributed by atoms with Crippen molar-refractivity contribution in [3.8, 4) is 0 Å². The molecule has 36 heavy (non-hydrogen) atoms. The van der Waals surface area contributed by atoms with Gasteiger partial charge in [0, 0.05) is 42.2 Å². The number of pyridine rings is 1. The summed E-state index contributed by atoms with van der Waals surface area (Å²) in [4.78, 5) is 49.0. The van der Waals surface area contributed by atoms with Gasteiger partial charge in [0.15, 0.2) is 17.0 Å². The number of oxazole rings is 1. The van der Waals surface area contributed by atoms with Gasteiger partial charge >= 0.3 is 11.4 Å². The Balaban J connectivity index is 1.35. The minimum absolute atomic E-state index is 0.0327. The number of imidazole rings is 1. The van der Waals surface area contributed by atoms with E-state index in [-0.39, 0.29) is 23.1 Å². The lowest BCUT2D eigenvalue weighted by Gasteiger charge is -2.34. The molecular formula is C26H26N6O4. The summed E-state index contributed by atoms with van der Waals surface area (Å²) in [5.74, 6) is -0.846. The number of hydrogen-bond acceptors (Lipinski definition) is 7. The summed E-state index contributed by atoms with van der Waals surface area (Å²) in [5, 5.41) is 0. The molecule has 0 bridgehead atoms. The van der Waals surface area contributed by atoms with E-state index in [0.717, 1.165) is 29.6 Å². The van der Waals surface area contributed by atoms with Crippen molar-refractivity contribution in [1.82, 2.24) is 24.4 Å². The zero-order valence-corrected chi connectivity index (χ0v) is 19.8. The number of ketones is 1. The molecular weight excluding hydrogens is 460 g/mol. The van der Waals surface area contributed by atoms with Crippen LogP contribution in [-0.2, 0) is 0 Å². The Morgan fingerprint density at radius 3 is 2.78 bits per heavy atom. The third kappa shape index (κ3) is 4.17. The minimum Gasteiger partial charge on any atom is -0.408 e. The Kier molecular flexibility index (Phi) is 5.93. The molecule has 0 spiro atoms. The van der Waals surface area contributed by atoms with Gasteiger partial charge < -0.3 is 15.1 Å². The maximum Gasteiger partial charge on any atom is 0.417 e. The van der Waals surface area contributed by atoms with Gasteiger partial charge in [-0.3, -0.25) is 19.3 Å². The molecule has 0 saturated carbocycles. The maximum absolute atomic E-state index is 13.1. The molecule has 1 aromatic carbocycles. The minimum atomic E-state index is -0.568. The number of rotatable bonds is 6. The highest BCUT2D eigenvalue weighted by molar-refractivity contribution is 6.11. The number of carbonyl (C=O) groups is 1. The Hall–Kier alpha value is -4.60. The highest BCUT2D eigenvalue weighted by Crippen LogP contribution is 2.27. The molecule has 10 heteroatoms. The van der Waals surface area contributed by atoms with E-state index >= 15 is 0 Å². The first-order chi connectivity index (χ1) is 17.4. The fourth-order valence-corrected chi connectivity index (χ4v) is 4.83. The van der Waals surface area contributed by atoms with Crippen LogP contribution in [0, 0.1) is 6.92 Å². The number of benzene rings is 1. The van der Waals surface area contributed by atoms with E-state index in [2.05, 4.69) is 26.4 Å². The number of nitrogens with one attached hydrogen (secondary N) is 2. The van der Waals surface area contributed by atoms with Gasteiger partial charge in [0.2, 0.25) is 0 Å². The summed E-state index contributed by atoms with van der Waals surface area (Å²) in [6.07, 6.45) is 8.00. The van der Waals surface area contributed by atoms with Crippen molar-refractivity contribution in [3.05, 3.63) is 98.8 Å². The Labute approximate surface area is 205 Å². The van der Waals surface area contributed by atoms with Crippen molar-refractivity contribution in [2.75, 3.05) is 13.1 Å². The number of aromatic nitrogens is 4. The zero-order chi connectivity index (χ0) is 25.4. The summed E-state index contributed by atoms with van der Waals surface area (Å²) in [6, 6.07) is 6.99. The summed E-state index contributed by atoms with van der Waals surface area (Å²) in [7, 11) is 0. The lowest BCUT2D eigenvalue weighted by molar-refractivity contribution is 0.103. The molecule has 5 rings (SSSR count). The SMILES string of the molecule is C=C(/C=C(\C=C/N)N1CCC(n2c(=O)[nH]c3ncccc32)CC1)C(=O)c1cc(C)c2[nH]c(=O)oc2c1. The fraction of sp³-hybridized carbons (Fsp3) is 0.231. The van der Waals surface area contributed by atoms with Crippen LogP contribution in [0.15, 0.2) is 80.7 Å². The van der Waals surface area contributed by atoms with E-state index in [1.807, 2.05) is 12.1 Å². The molecule has 184 valence electrons. The lowest BCUT2D eigenvalue weighted by atomic mass is 9.99. The van der Waals surface area contributed by atoms with Crippen LogP contribution in [0.3, 0.4) is 0 Å². The molecule has 10 nitrogen and oxygen atoms in total. The van der Waals surface area contributed by atoms with E-state index in [1.54, 1.807) is 42.0 Å². The van der Waals surface area contributed by atoms with Crippen molar-refractivity contribution in [2.45, 2.75) is 25.8 Å². The number of likely N-dealkylation sites (tertiary alicyclic amines) is 1. The second kappa shape index (κ2) is 9.21. The van der Waals surface area contributed by atoms with Crippen LogP contribution in [0.1, 0.15) is 34.8 Å². The molecule has 0 unspecified atom stereocenters. The predicted molar refractivity (Wildman–Crippen MR) is 137 cm³/mol. The zero-order valence-electron chi connectivity index (χ0n) is 19.8. The smallest absolute Gasteiger partial charge is 0.408 e. The molecule has 4 aromatic rings. The maximum atomic E-state index is 13.1. The molecule has 1 aliphatic rings. The second-order valence-electron chi connectivity index (χ2n) is 8.85. The number of allylic oxidation sites excluding steroid dienone is 3. The Bertz CT molecular complexity index is 1660. The van der Waals surface area contributed by atoms with Gasteiger partial charge in [-0.15, -0.1) is 0 Å². The number of carbonyl (C=O) groups excluding carboxylic acids is 1. The number of aryl methyl sites for hydroxylation is 1. The standard InChI is InChI=1S/C26H26N6O4/c1-15-12-17(14-21-22(15)29-26(35)36-21)23(33)16(2)13-19(5-8-27)31-10-6-18(7-11-31)32-20-4-3-9-28-24(20)30-25(32)34/h3-5,8-9,12-14,18H,2,6-7,10-11,27H2,1H3,(H,29,35)(H,28,30,34)/b8-5-,19-13+. The fourth-order valence-electron chi connectivity index (χ4n) is 4.83. The van der Waals surface area contributed by atoms with Crippen LogP contribution in [0.25, 0.3) is 22.3 Å². The van der Waals surface area contributed by atoms with Crippen molar-refractivity contribution >= 4 is 28.0 Å². The molecule has 0 atom stereocenters. The molecule has 0 radical (unpaired) electrons. The third-order valence-electron chi connectivity index (χ3n) is 6.56. The van der Waals surface area contributed by atoms with E-state index in [9.17, 15) is 14.4 Å². The summed E-state index contributed by atoms with van der Waals surface area (Å²) < 4.78 is 6.92. The number of fused-ring (bicyclic) bond motifs is 2. The molecule has 4 N–H and O–H groups in total. The van der Waals surface area contributed by atoms with Crippen LogP contribution in [0.2, 0.25) is 0 Å². The van der Waals surface area contributed by atoms with E-state index in [0.29, 0.717) is 35.4 Å². The molecule has 0 amide bonds. The first kappa shape index (κ1) is 23.2. The van der Waals surface area contributed by atoms with Gasteiger partial charge in [0.1, 0.15) is 0 Å². The van der Waals surface area contributed by atoms with Gasteiger partial charge in [-0.2, -0.15) is 0 Å². The number of aromatic amines is 2. The second-order valence-corrected chi connectivity index (χ2v) is 8.85. The number of nitrogens with two attached hydrogens (primary N) is 1. The van der Waals surface area contributed by atoms with Gasteiger partial charge in [0.25, 0.3) is 0 Å². The van der Waals surface area contributed by atoms with Gasteiger partial charge in [-0.05, 0) is 67.9 Å². The third-order valence-corrected chi connectivity index (χ3v) is 6.56. The largest absolute Gasteiger partial charge is 0.417 e. The molecule has 1 aliphatic heterocycles. The quantitative estimate of drug-likeness (QED) is 0.216. The van der Waals surface area contributed by atoms with E-state index in [1.165, 1.54) is 6.20 Å². The lowest BCUT2D eigenvalue weighted by Crippen LogP contribution is -2.36. The summed E-state index contributed by atoms with van der Waals surface area (Å²) in [6.45, 7) is 7.11. The van der Waals surface area contributed by atoms with Crippen molar-refractivity contribution in [1.29, 1.82) is 0 Å². The van der Waals surface area contributed by atoms with E-state index in [4.69, 9.17) is 10.2 Å². The van der Waals surface area contributed by atoms with Gasteiger partial charge in [-0.25, -0.2) is 14.6 Å². The predicted octanol–water partition coefficient (Wildman–Crippen LogP) is 2.90. The van der Waals surface area contributed by atoms with Gasteiger partial charge in [-0.1, -0.05) is 6.58 Å². The molecule has 1 saturated heterocycles. The van der Waals surface area contributed by atoms with E-state index < -0.39 is 5.76 Å². The average Bonchev–Trinajstić information content (AvgIpc) is 3.41. The van der Waals surface area contributed by atoms with Crippen LogP contribution in [0.4, 0.5) is 0 Å². The van der Waals surface area contributed by atoms with Crippen LogP contribution < -0.4 is 17.2 Å². The Morgan fingerprint density at radius 1 is 1.25 bits per heavy atom. The normalized spacial score (nSPS) is 15.4. The number of H-pyrrole nitrogens is 2. The van der Waals surface area contributed by atoms with Crippen LogP contribution >= 0.6 is 0 Å². The van der Waals surface area contributed by atoms with Crippen molar-refractivity contribution in [3.63, 3.8) is 0 Å². The number of nitrogens with zero attached hydrogens (tertiary/aromatic N) is 3. The van der Waals surface area contributed by atoms with Gasteiger partial charge in [0.05, 0.1) is 11.0 Å². The molecule has 0 aliphatic carbocycles. The molecule has 4 heterocycles. The monoisotopic (exact) mass is 486 g/mol. The summed E-state index contributed by atoms with van der Waals surface area (Å²) in [5.41, 5.74) is 9.96. The Morgan fingerprint density at radius 2 is 2.03 bits per heavy atom. The highest BCUT2D eigenvalue weighted by atomic mass is 16.4. The first-order valence-corrected chi connectivity index (χ1v) is 11.6. The molecule has 1 fully saturated rings. The number of Topliss-reactive ketones (excluding diaryl/α,β-unsaturated/α-hetero) is 1. The van der Waals surface area contributed by atoms with Crippen LogP contribution in [0.5, 0.6) is 0 Å². The number of hydrogen-bond donors (Lipinski definition) is 3. The topological polar surface area (TPSA) is 143 Å².